The van der Waals surface area contributed by atoms with Gasteiger partial charge in [0.1, 0.15) is 5.56 Å². The van der Waals surface area contributed by atoms with E-state index in [1.165, 1.54) is 0 Å². The number of benzene rings is 1. The van der Waals surface area contributed by atoms with E-state index in [9.17, 15) is 31.5 Å². The van der Waals surface area contributed by atoms with Crippen LogP contribution in [0.15, 0.2) is 0 Å². The van der Waals surface area contributed by atoms with Gasteiger partial charge in [0, 0.05) is 6.17 Å². The third-order valence-electron chi connectivity index (χ3n) is 3.97. The Labute approximate surface area is 131 Å². The Morgan fingerprint density at radius 3 is 1.61 bits per heavy atom. The minimum Gasteiger partial charge on any atom is -0.429 e. The van der Waals surface area contributed by atoms with Crippen molar-refractivity contribution in [1.29, 1.82) is 0 Å². The van der Waals surface area contributed by atoms with Gasteiger partial charge in [0.05, 0.1) is 0 Å². The van der Waals surface area contributed by atoms with E-state index >= 15 is 0 Å². The first-order chi connectivity index (χ1) is 10.4. The second kappa shape index (κ2) is 6.96. The van der Waals surface area contributed by atoms with Gasteiger partial charge >= 0.3 is 0 Å². The van der Waals surface area contributed by atoms with Gasteiger partial charge in [-0.3, -0.25) is 4.79 Å². The number of hydrogen-bond donors (Lipinski definition) is 2. The highest BCUT2D eigenvalue weighted by Gasteiger charge is 2.39. The highest BCUT2D eigenvalue weighted by atomic mass is 28.4. The molecule has 0 heterocycles. The van der Waals surface area contributed by atoms with E-state index in [4.69, 9.17) is 0 Å². The van der Waals surface area contributed by atoms with Gasteiger partial charge in [-0.1, -0.05) is 27.7 Å². The fraction of sp³-hybridized carbons (Fsp3) is 0.500. The number of amides is 1. The number of carbonyl (C=O) groups excluding carboxylic acids is 1. The van der Waals surface area contributed by atoms with Crippen LogP contribution in [0, 0.1) is 29.1 Å². The maximum absolute atomic E-state index is 13.6. The van der Waals surface area contributed by atoms with Gasteiger partial charge in [-0.25, -0.2) is 22.0 Å². The highest BCUT2D eigenvalue weighted by Crippen LogP contribution is 2.29. The molecule has 0 saturated carbocycles. The summed E-state index contributed by atoms with van der Waals surface area (Å²) < 4.78 is 66.3. The number of rotatable bonds is 5. The maximum Gasteiger partial charge on any atom is 0.257 e. The Kier molecular flexibility index (Phi) is 5.92. The summed E-state index contributed by atoms with van der Waals surface area (Å²) in [5.41, 5.74) is -1.91. The molecule has 1 rings (SSSR count). The topological polar surface area (TPSA) is 49.3 Å². The number of nitrogens with one attached hydrogen (secondary N) is 1. The molecule has 0 spiro atoms. The first-order valence-electron chi connectivity index (χ1n) is 6.97. The van der Waals surface area contributed by atoms with Crippen molar-refractivity contribution < 1.29 is 31.5 Å². The molecule has 1 aromatic rings. The van der Waals surface area contributed by atoms with Crippen LogP contribution in [-0.4, -0.2) is 25.2 Å². The summed E-state index contributed by atoms with van der Waals surface area (Å²) in [6.07, 6.45) is -0.263. The molecule has 130 valence electrons. The Morgan fingerprint density at radius 2 is 1.26 bits per heavy atom. The quantitative estimate of drug-likeness (QED) is 0.368. The van der Waals surface area contributed by atoms with Crippen molar-refractivity contribution in [3.8, 4) is 0 Å². The minimum atomic E-state index is -3.01. The molecule has 0 bridgehead atoms. The normalized spacial score (nSPS) is 12.2. The van der Waals surface area contributed by atoms with E-state index in [-0.39, 0.29) is 17.3 Å². The molecule has 0 aliphatic carbocycles. The van der Waals surface area contributed by atoms with Gasteiger partial charge in [0.15, 0.2) is 23.3 Å². The molecule has 0 saturated heterocycles. The van der Waals surface area contributed by atoms with E-state index in [0.29, 0.717) is 0 Å². The SMILES string of the molecule is CC(C)[Si](O)(CNC(=O)c1c(F)c(F)c(F)c(F)c1F)C(C)C. The molecule has 0 aliphatic rings. The molecule has 0 unspecified atom stereocenters. The van der Waals surface area contributed by atoms with Gasteiger partial charge in [-0.15, -0.1) is 0 Å². The standard InChI is InChI=1S/C14H18F5NO2Si/c1-6(2)23(22,7(3)4)5-20-14(21)8-9(15)11(17)13(19)12(18)10(8)16/h6-7,22H,5H2,1-4H3,(H,20,21). The van der Waals surface area contributed by atoms with Gasteiger partial charge in [-0.05, 0) is 11.1 Å². The third kappa shape index (κ3) is 3.55. The summed E-state index contributed by atoms with van der Waals surface area (Å²) in [7, 11) is -3.01. The predicted molar refractivity (Wildman–Crippen MR) is 76.7 cm³/mol. The van der Waals surface area contributed by atoms with Crippen LogP contribution >= 0.6 is 0 Å². The summed E-state index contributed by atoms with van der Waals surface area (Å²) in [5.74, 6) is -12.5. The van der Waals surface area contributed by atoms with Crippen LogP contribution in [0.3, 0.4) is 0 Å². The molecule has 1 amide bonds. The molecular formula is C14H18F5NO2Si. The summed E-state index contributed by atoms with van der Waals surface area (Å²) in [6, 6.07) is 0. The van der Waals surface area contributed by atoms with Crippen molar-refractivity contribution in [2.24, 2.45) is 0 Å². The zero-order chi connectivity index (χ0) is 18.1. The molecule has 1 aromatic carbocycles. The van der Waals surface area contributed by atoms with E-state index in [2.05, 4.69) is 5.32 Å². The lowest BCUT2D eigenvalue weighted by molar-refractivity contribution is 0.0945. The number of halogens is 5. The van der Waals surface area contributed by atoms with Crippen molar-refractivity contribution in [3.63, 3.8) is 0 Å². The lowest BCUT2D eigenvalue weighted by atomic mass is 10.1. The molecule has 23 heavy (non-hydrogen) atoms. The molecule has 0 radical (unpaired) electrons. The van der Waals surface area contributed by atoms with Crippen molar-refractivity contribution in [2.75, 3.05) is 6.17 Å². The van der Waals surface area contributed by atoms with E-state index < -0.39 is 48.9 Å². The van der Waals surface area contributed by atoms with Gasteiger partial charge < -0.3 is 10.1 Å². The van der Waals surface area contributed by atoms with Crippen molar-refractivity contribution in [2.45, 2.75) is 38.8 Å². The first kappa shape index (κ1) is 19.6. The molecule has 9 heteroatoms. The second-order valence-electron chi connectivity index (χ2n) is 5.93. The van der Waals surface area contributed by atoms with Crippen LogP contribution in [0.2, 0.25) is 11.1 Å². The van der Waals surface area contributed by atoms with Crippen LogP contribution in [0.1, 0.15) is 38.1 Å². The minimum absolute atomic E-state index is 0.181. The zero-order valence-electron chi connectivity index (χ0n) is 13.1. The van der Waals surface area contributed by atoms with Gasteiger partial charge in [-0.2, -0.15) is 0 Å². The van der Waals surface area contributed by atoms with E-state index in [1.807, 2.05) is 0 Å². The van der Waals surface area contributed by atoms with E-state index in [1.54, 1.807) is 27.7 Å². The summed E-state index contributed by atoms with van der Waals surface area (Å²) in [6.45, 7) is 6.93. The maximum atomic E-state index is 13.6. The average Bonchev–Trinajstić information content (AvgIpc) is 2.48. The second-order valence-corrected chi connectivity index (χ2v) is 10.6. The smallest absolute Gasteiger partial charge is 0.257 e. The Balaban J connectivity index is 3.14. The summed E-state index contributed by atoms with van der Waals surface area (Å²) >= 11 is 0. The molecule has 0 aromatic heterocycles. The molecular weight excluding hydrogens is 337 g/mol. The van der Waals surface area contributed by atoms with Crippen LogP contribution < -0.4 is 5.32 Å². The molecule has 0 aliphatic heterocycles. The average molecular weight is 355 g/mol. The fourth-order valence-electron chi connectivity index (χ4n) is 2.19. The van der Waals surface area contributed by atoms with Crippen molar-refractivity contribution in [1.82, 2.24) is 5.32 Å². The third-order valence-corrected chi connectivity index (χ3v) is 8.71. The van der Waals surface area contributed by atoms with Crippen molar-refractivity contribution >= 4 is 14.2 Å². The molecule has 0 atom stereocenters. The predicted octanol–water partition coefficient (Wildman–Crippen LogP) is 3.41. The van der Waals surface area contributed by atoms with Crippen LogP contribution in [-0.2, 0) is 0 Å². The van der Waals surface area contributed by atoms with E-state index in [0.717, 1.165) is 0 Å². The van der Waals surface area contributed by atoms with Crippen molar-refractivity contribution in [3.05, 3.63) is 34.6 Å². The highest BCUT2D eigenvalue weighted by molar-refractivity contribution is 6.75. The Bertz CT molecular complexity index is 585. The lowest BCUT2D eigenvalue weighted by Gasteiger charge is -2.33. The summed E-state index contributed by atoms with van der Waals surface area (Å²) in [5, 5.41) is 2.09. The van der Waals surface area contributed by atoms with Crippen LogP contribution in [0.5, 0.6) is 0 Å². The van der Waals surface area contributed by atoms with Gasteiger partial charge in [0.25, 0.3) is 5.91 Å². The Morgan fingerprint density at radius 1 is 0.913 bits per heavy atom. The molecule has 3 nitrogen and oxygen atoms in total. The van der Waals surface area contributed by atoms with Crippen LogP contribution in [0.25, 0.3) is 0 Å². The number of carbonyl (C=O) groups is 1. The Hall–Kier alpha value is -1.48. The lowest BCUT2D eigenvalue weighted by Crippen LogP contribution is -2.52. The fourth-order valence-corrected chi connectivity index (χ4v) is 4.78. The largest absolute Gasteiger partial charge is 0.429 e. The molecule has 2 N–H and O–H groups in total. The van der Waals surface area contributed by atoms with Gasteiger partial charge in [0.2, 0.25) is 14.1 Å². The van der Waals surface area contributed by atoms with Crippen LogP contribution in [0.4, 0.5) is 22.0 Å². The number of hydrogen-bond acceptors (Lipinski definition) is 2. The molecule has 0 fully saturated rings. The monoisotopic (exact) mass is 355 g/mol. The summed E-state index contributed by atoms with van der Waals surface area (Å²) in [4.78, 5) is 22.4. The first-order valence-corrected chi connectivity index (χ1v) is 9.28. The zero-order valence-corrected chi connectivity index (χ0v) is 14.1.